The summed E-state index contributed by atoms with van der Waals surface area (Å²) >= 11 is 1.61. The van der Waals surface area contributed by atoms with Crippen molar-refractivity contribution in [3.05, 3.63) is 29.5 Å². The van der Waals surface area contributed by atoms with Crippen LogP contribution in [-0.2, 0) is 15.9 Å². The Morgan fingerprint density at radius 1 is 1.20 bits per heavy atom. The summed E-state index contributed by atoms with van der Waals surface area (Å²) in [5.41, 5.74) is 1.15. The molecule has 1 spiro atoms. The summed E-state index contributed by atoms with van der Waals surface area (Å²) in [4.78, 5) is 13.2. The van der Waals surface area contributed by atoms with Crippen LogP contribution in [0, 0.1) is 0 Å². The number of nitrogens with one attached hydrogen (secondary N) is 1. The van der Waals surface area contributed by atoms with Crippen molar-refractivity contribution in [1.29, 1.82) is 0 Å². The first-order valence-corrected chi connectivity index (χ1v) is 9.88. The molecule has 134 valence electrons. The van der Waals surface area contributed by atoms with Crippen molar-refractivity contribution in [2.24, 2.45) is 0 Å². The molecule has 2 saturated heterocycles. The topological polar surface area (TPSA) is 69.2 Å². The maximum atomic E-state index is 6.11. The van der Waals surface area contributed by atoms with Crippen LogP contribution >= 0.6 is 11.3 Å². The number of aromatic nitrogens is 3. The molecule has 1 atom stereocenters. The molecule has 1 N–H and O–H groups in total. The lowest BCUT2D eigenvalue weighted by molar-refractivity contribution is -0.140. The predicted molar refractivity (Wildman–Crippen MR) is 96.6 cm³/mol. The van der Waals surface area contributed by atoms with Gasteiger partial charge in [-0.15, -0.1) is 11.3 Å². The molecule has 2 aliphatic rings. The summed E-state index contributed by atoms with van der Waals surface area (Å²) < 4.78 is 11.6. The summed E-state index contributed by atoms with van der Waals surface area (Å²) in [7, 11) is 0. The SMILES string of the molecule is c1cnc(-c2nc(CCN[C@H]3CCOC4(CCOCC4)C3)cs2)nc1. The van der Waals surface area contributed by atoms with Crippen LogP contribution in [0.1, 0.15) is 31.4 Å². The van der Waals surface area contributed by atoms with Crippen LogP contribution in [0.25, 0.3) is 10.8 Å². The largest absolute Gasteiger partial charge is 0.381 e. The lowest BCUT2D eigenvalue weighted by atomic mass is 9.84. The number of thiazole rings is 1. The van der Waals surface area contributed by atoms with Gasteiger partial charge in [0.15, 0.2) is 10.8 Å². The van der Waals surface area contributed by atoms with Gasteiger partial charge in [-0.2, -0.15) is 0 Å². The maximum Gasteiger partial charge on any atom is 0.188 e. The third-order valence-electron chi connectivity index (χ3n) is 5.02. The molecule has 0 radical (unpaired) electrons. The molecule has 2 aliphatic heterocycles. The van der Waals surface area contributed by atoms with Crippen molar-refractivity contribution in [3.63, 3.8) is 0 Å². The molecule has 0 unspecified atom stereocenters. The second-order valence-electron chi connectivity index (χ2n) is 6.75. The van der Waals surface area contributed by atoms with Gasteiger partial charge in [0.05, 0.1) is 11.3 Å². The van der Waals surface area contributed by atoms with E-state index in [0.717, 1.165) is 69.2 Å². The van der Waals surface area contributed by atoms with E-state index in [-0.39, 0.29) is 5.60 Å². The van der Waals surface area contributed by atoms with Crippen LogP contribution < -0.4 is 5.32 Å². The Morgan fingerprint density at radius 2 is 2.04 bits per heavy atom. The Kier molecular flexibility index (Phi) is 5.36. The minimum absolute atomic E-state index is 0.0482. The van der Waals surface area contributed by atoms with Gasteiger partial charge in [-0.3, -0.25) is 0 Å². The zero-order valence-electron chi connectivity index (χ0n) is 14.3. The van der Waals surface area contributed by atoms with E-state index >= 15 is 0 Å². The summed E-state index contributed by atoms with van der Waals surface area (Å²) in [6, 6.07) is 2.35. The molecule has 6 nitrogen and oxygen atoms in total. The van der Waals surface area contributed by atoms with Crippen molar-refractivity contribution in [2.45, 2.75) is 43.7 Å². The first-order chi connectivity index (χ1) is 12.3. The van der Waals surface area contributed by atoms with E-state index < -0.39 is 0 Å². The molecule has 2 aromatic rings. The van der Waals surface area contributed by atoms with E-state index in [1.54, 1.807) is 23.7 Å². The summed E-state index contributed by atoms with van der Waals surface area (Å²) in [5.74, 6) is 0.706. The van der Waals surface area contributed by atoms with Crippen LogP contribution in [0.3, 0.4) is 0 Å². The molecular formula is C18H24N4O2S. The molecule has 0 bridgehead atoms. The third kappa shape index (κ3) is 4.23. The van der Waals surface area contributed by atoms with Crippen LogP contribution in [0.2, 0.25) is 0 Å². The normalized spacial score (nSPS) is 23.0. The molecule has 2 aromatic heterocycles. The number of nitrogens with zero attached hydrogens (tertiary/aromatic N) is 3. The average molecular weight is 360 g/mol. The maximum absolute atomic E-state index is 6.11. The van der Waals surface area contributed by atoms with Crippen LogP contribution in [-0.4, -0.2) is 53.0 Å². The van der Waals surface area contributed by atoms with E-state index in [9.17, 15) is 0 Å². The van der Waals surface area contributed by atoms with E-state index in [4.69, 9.17) is 9.47 Å². The molecule has 0 saturated carbocycles. The first kappa shape index (κ1) is 17.0. The minimum Gasteiger partial charge on any atom is -0.381 e. The molecule has 25 heavy (non-hydrogen) atoms. The monoisotopic (exact) mass is 360 g/mol. The molecule has 7 heteroatoms. The lowest BCUT2D eigenvalue weighted by Crippen LogP contribution is -2.50. The van der Waals surface area contributed by atoms with Gasteiger partial charge in [-0.25, -0.2) is 15.0 Å². The van der Waals surface area contributed by atoms with Gasteiger partial charge in [-0.1, -0.05) is 0 Å². The Bertz CT molecular complexity index is 667. The fourth-order valence-electron chi connectivity index (χ4n) is 3.63. The van der Waals surface area contributed by atoms with Gasteiger partial charge in [0.25, 0.3) is 0 Å². The van der Waals surface area contributed by atoms with Crippen LogP contribution in [0.4, 0.5) is 0 Å². The Morgan fingerprint density at radius 3 is 2.88 bits per heavy atom. The summed E-state index contributed by atoms with van der Waals surface area (Å²) in [6.07, 6.45) is 8.66. The number of hydrogen-bond acceptors (Lipinski definition) is 7. The fraction of sp³-hybridized carbons (Fsp3) is 0.611. The Labute approximate surface area is 152 Å². The van der Waals surface area contributed by atoms with Crippen molar-refractivity contribution in [2.75, 3.05) is 26.4 Å². The molecule has 0 amide bonds. The van der Waals surface area contributed by atoms with E-state index in [1.807, 2.05) is 6.07 Å². The molecule has 4 heterocycles. The zero-order chi connectivity index (χ0) is 17.0. The number of hydrogen-bond donors (Lipinski definition) is 1. The van der Waals surface area contributed by atoms with Crippen molar-refractivity contribution >= 4 is 11.3 Å². The molecule has 2 fully saturated rings. The lowest BCUT2D eigenvalue weighted by Gasteiger charge is -2.43. The van der Waals surface area contributed by atoms with E-state index in [2.05, 4.69) is 25.6 Å². The second kappa shape index (κ2) is 7.86. The highest BCUT2D eigenvalue weighted by atomic mass is 32.1. The minimum atomic E-state index is 0.0482. The molecule has 4 rings (SSSR count). The van der Waals surface area contributed by atoms with Gasteiger partial charge < -0.3 is 14.8 Å². The molecular weight excluding hydrogens is 336 g/mol. The van der Waals surface area contributed by atoms with Crippen molar-refractivity contribution in [1.82, 2.24) is 20.3 Å². The molecule has 0 aromatic carbocycles. The number of ether oxygens (including phenoxy) is 2. The smallest absolute Gasteiger partial charge is 0.188 e. The highest BCUT2D eigenvalue weighted by molar-refractivity contribution is 7.13. The average Bonchev–Trinajstić information content (AvgIpc) is 3.12. The van der Waals surface area contributed by atoms with Crippen molar-refractivity contribution in [3.8, 4) is 10.8 Å². The highest BCUT2D eigenvalue weighted by Gasteiger charge is 2.38. The zero-order valence-corrected chi connectivity index (χ0v) is 15.1. The van der Waals surface area contributed by atoms with Crippen molar-refractivity contribution < 1.29 is 9.47 Å². The summed E-state index contributed by atoms with van der Waals surface area (Å²) in [5, 5.41) is 6.70. The van der Waals surface area contributed by atoms with Gasteiger partial charge in [0, 0.05) is 56.6 Å². The van der Waals surface area contributed by atoms with Gasteiger partial charge in [-0.05, 0) is 31.7 Å². The van der Waals surface area contributed by atoms with E-state index in [1.165, 1.54) is 0 Å². The van der Waals surface area contributed by atoms with Crippen LogP contribution in [0.15, 0.2) is 23.8 Å². The second-order valence-corrected chi connectivity index (χ2v) is 7.61. The van der Waals surface area contributed by atoms with Gasteiger partial charge in [0.2, 0.25) is 0 Å². The standard InChI is InChI=1S/C18H24N4O2S/c1-6-20-16(21-7-1)17-22-15(13-25-17)2-8-19-14-3-9-24-18(12-14)4-10-23-11-5-18/h1,6-7,13-14,19H,2-5,8-12H2/t14-/m0/s1. The Balaban J connectivity index is 1.27. The fourth-order valence-corrected chi connectivity index (χ4v) is 4.43. The van der Waals surface area contributed by atoms with E-state index in [0.29, 0.717) is 11.9 Å². The van der Waals surface area contributed by atoms with Crippen LogP contribution in [0.5, 0.6) is 0 Å². The quantitative estimate of drug-likeness (QED) is 0.883. The number of rotatable bonds is 5. The van der Waals surface area contributed by atoms with Gasteiger partial charge in [0.1, 0.15) is 0 Å². The van der Waals surface area contributed by atoms with Gasteiger partial charge >= 0.3 is 0 Å². The predicted octanol–water partition coefficient (Wildman–Crippen LogP) is 2.46. The Hall–Kier alpha value is -1.41. The molecule has 0 aliphatic carbocycles. The third-order valence-corrected chi connectivity index (χ3v) is 5.91. The first-order valence-electron chi connectivity index (χ1n) is 9.00. The highest BCUT2D eigenvalue weighted by Crippen LogP contribution is 2.34. The summed E-state index contributed by atoms with van der Waals surface area (Å²) in [6.45, 7) is 3.45.